The zero-order valence-corrected chi connectivity index (χ0v) is 21.6. The summed E-state index contributed by atoms with van der Waals surface area (Å²) in [5.74, 6) is 1.34. The van der Waals surface area contributed by atoms with E-state index in [0.29, 0.717) is 44.0 Å². The molecule has 1 spiro atoms. The number of aryl methyl sites for hydroxylation is 1. The van der Waals surface area contributed by atoms with Crippen LogP contribution in [-0.2, 0) is 11.2 Å². The number of aromatic amines is 1. The van der Waals surface area contributed by atoms with Crippen LogP contribution in [0.15, 0.2) is 47.4 Å². The number of ether oxygens (including phenoxy) is 1. The molecule has 7 heteroatoms. The number of benzene rings is 1. The molecule has 0 unspecified atom stereocenters. The summed E-state index contributed by atoms with van der Waals surface area (Å²) in [7, 11) is 0. The number of carbonyl (C=O) groups excluding carboxylic acids is 2. The summed E-state index contributed by atoms with van der Waals surface area (Å²) in [6.07, 6.45) is 8.50. The third-order valence-corrected chi connectivity index (χ3v) is 7.63. The predicted molar refractivity (Wildman–Crippen MR) is 140 cm³/mol. The van der Waals surface area contributed by atoms with Gasteiger partial charge >= 0.3 is 0 Å². The van der Waals surface area contributed by atoms with Crippen molar-refractivity contribution in [3.05, 3.63) is 64.1 Å². The van der Waals surface area contributed by atoms with E-state index in [0.717, 1.165) is 44.3 Å². The quantitative estimate of drug-likeness (QED) is 0.666. The minimum atomic E-state index is -0.474. The van der Waals surface area contributed by atoms with E-state index in [9.17, 15) is 14.4 Å². The largest absolute Gasteiger partial charge is 0.491 e. The van der Waals surface area contributed by atoms with E-state index in [1.807, 2.05) is 12.1 Å². The number of piperidine rings is 1. The number of aromatic nitrogens is 1. The first-order chi connectivity index (χ1) is 17.4. The number of nitrogens with zero attached hydrogens (tertiary/aromatic N) is 1. The number of H-pyrrole nitrogens is 1. The van der Waals surface area contributed by atoms with E-state index in [2.05, 4.69) is 36.3 Å². The number of hydrogen-bond acceptors (Lipinski definition) is 4. The van der Waals surface area contributed by atoms with Gasteiger partial charge in [-0.2, -0.15) is 0 Å². The fourth-order valence-corrected chi connectivity index (χ4v) is 5.53. The lowest BCUT2D eigenvalue weighted by atomic mass is 9.73. The molecule has 7 nitrogen and oxygen atoms in total. The Morgan fingerprint density at radius 2 is 1.83 bits per heavy atom. The molecule has 2 aromatic rings. The Bertz CT molecular complexity index is 1080. The number of rotatable bonds is 3. The van der Waals surface area contributed by atoms with Crippen molar-refractivity contribution in [1.82, 2.24) is 15.2 Å². The summed E-state index contributed by atoms with van der Waals surface area (Å²) >= 11 is 0. The summed E-state index contributed by atoms with van der Waals surface area (Å²) < 4.78 is 6.25. The lowest BCUT2D eigenvalue weighted by Crippen LogP contribution is -2.53. The van der Waals surface area contributed by atoms with E-state index >= 15 is 0 Å². The van der Waals surface area contributed by atoms with Gasteiger partial charge in [-0.15, -0.1) is 0 Å². The molecule has 1 aromatic heterocycles. The Morgan fingerprint density at radius 3 is 2.56 bits per heavy atom. The van der Waals surface area contributed by atoms with Crippen LogP contribution in [0.5, 0.6) is 5.75 Å². The fraction of sp³-hybridized carbons (Fsp3) is 0.552. The highest BCUT2D eigenvalue weighted by molar-refractivity contribution is 5.94. The number of amides is 2. The monoisotopic (exact) mass is 493 g/mol. The first-order valence-corrected chi connectivity index (χ1v) is 13.4. The number of nitrogens with one attached hydrogen (secondary N) is 2. The first kappa shape index (κ1) is 26.0. The van der Waals surface area contributed by atoms with E-state index in [1.165, 1.54) is 17.8 Å². The summed E-state index contributed by atoms with van der Waals surface area (Å²) in [5.41, 5.74) is 0.999. The summed E-state index contributed by atoms with van der Waals surface area (Å²) in [4.78, 5) is 42.5. The summed E-state index contributed by atoms with van der Waals surface area (Å²) in [6.45, 7) is 5.84. The molecular formula is C29H39N3O4. The highest BCUT2D eigenvalue weighted by atomic mass is 16.5. The van der Waals surface area contributed by atoms with Crippen molar-refractivity contribution < 1.29 is 14.3 Å². The van der Waals surface area contributed by atoms with Crippen LogP contribution in [0.3, 0.4) is 0 Å². The molecule has 1 atom stereocenters. The summed E-state index contributed by atoms with van der Waals surface area (Å²) in [6, 6.07) is 11.1. The van der Waals surface area contributed by atoms with Gasteiger partial charge in [0.25, 0.3) is 5.91 Å². The van der Waals surface area contributed by atoms with Gasteiger partial charge in [-0.1, -0.05) is 44.9 Å². The SMILES string of the molecule is CC(C)C[C@H]1COc2ccccc2CCCCCC2(CCN(C(=O)c3ccc(=O)[nH]c3)CC2)C(=O)N1. The lowest BCUT2D eigenvalue weighted by Gasteiger charge is -2.41. The molecule has 0 saturated carbocycles. The van der Waals surface area contributed by atoms with Crippen molar-refractivity contribution in [1.29, 1.82) is 0 Å². The van der Waals surface area contributed by atoms with Crippen LogP contribution in [0.25, 0.3) is 0 Å². The fourth-order valence-electron chi connectivity index (χ4n) is 5.53. The Morgan fingerprint density at radius 1 is 1.06 bits per heavy atom. The molecule has 0 bridgehead atoms. The zero-order valence-electron chi connectivity index (χ0n) is 21.6. The van der Waals surface area contributed by atoms with Gasteiger partial charge in [0.05, 0.1) is 17.0 Å². The normalized spacial score (nSPS) is 20.9. The average molecular weight is 494 g/mol. The molecule has 2 amide bonds. The number of carbonyl (C=O) groups is 2. The van der Waals surface area contributed by atoms with E-state index in [-0.39, 0.29) is 23.4 Å². The molecule has 2 N–H and O–H groups in total. The van der Waals surface area contributed by atoms with Crippen LogP contribution in [0.1, 0.15) is 74.7 Å². The van der Waals surface area contributed by atoms with Crippen LogP contribution >= 0.6 is 0 Å². The predicted octanol–water partition coefficient (Wildman–Crippen LogP) is 4.32. The van der Waals surface area contributed by atoms with Crippen molar-refractivity contribution in [2.45, 2.75) is 71.3 Å². The third kappa shape index (κ3) is 6.37. The lowest BCUT2D eigenvalue weighted by molar-refractivity contribution is -0.135. The highest BCUT2D eigenvalue weighted by Crippen LogP contribution is 2.38. The molecule has 194 valence electrons. The van der Waals surface area contributed by atoms with Crippen LogP contribution in [-0.4, -0.2) is 47.4 Å². The molecule has 3 heterocycles. The zero-order chi connectivity index (χ0) is 25.5. The Labute approximate surface area is 213 Å². The van der Waals surface area contributed by atoms with Gasteiger partial charge in [0.2, 0.25) is 11.5 Å². The molecule has 1 aromatic carbocycles. The molecule has 1 fully saturated rings. The van der Waals surface area contributed by atoms with E-state index in [1.54, 1.807) is 11.0 Å². The summed E-state index contributed by atoms with van der Waals surface area (Å²) in [5, 5.41) is 3.35. The topological polar surface area (TPSA) is 91.5 Å². The van der Waals surface area contributed by atoms with Gasteiger partial charge in [0.15, 0.2) is 0 Å². The van der Waals surface area contributed by atoms with Crippen LogP contribution in [0, 0.1) is 11.3 Å². The number of hydrogen-bond donors (Lipinski definition) is 2. The van der Waals surface area contributed by atoms with Crippen LogP contribution < -0.4 is 15.6 Å². The molecule has 0 radical (unpaired) electrons. The van der Waals surface area contributed by atoms with Crippen molar-refractivity contribution in [2.75, 3.05) is 19.7 Å². The molecular weight excluding hydrogens is 454 g/mol. The molecule has 2 aliphatic heterocycles. The standard InChI is InChI=1S/C29H39N3O4/c1-21(2)18-24-20-36-25-10-6-5-9-22(25)8-4-3-7-13-29(28(35)31-24)14-16-32(17-15-29)27(34)23-11-12-26(33)30-19-23/h5-6,9-12,19,21,24H,3-4,7-8,13-18,20H2,1-2H3,(H,30,33)(H,31,35)/t24-/m0/s1. The van der Waals surface area contributed by atoms with Gasteiger partial charge in [-0.25, -0.2) is 0 Å². The second-order valence-corrected chi connectivity index (χ2v) is 10.8. The molecule has 4 rings (SSSR count). The molecule has 2 aliphatic rings. The maximum Gasteiger partial charge on any atom is 0.255 e. The third-order valence-electron chi connectivity index (χ3n) is 7.63. The van der Waals surface area contributed by atoms with Gasteiger partial charge in [0.1, 0.15) is 12.4 Å². The van der Waals surface area contributed by atoms with Crippen molar-refractivity contribution in [3.8, 4) is 5.75 Å². The van der Waals surface area contributed by atoms with Gasteiger partial charge in [-0.3, -0.25) is 14.4 Å². The number of pyridine rings is 1. The van der Waals surface area contributed by atoms with E-state index < -0.39 is 5.41 Å². The number of para-hydroxylation sites is 1. The first-order valence-electron chi connectivity index (χ1n) is 13.4. The van der Waals surface area contributed by atoms with Gasteiger partial charge < -0.3 is 19.9 Å². The van der Waals surface area contributed by atoms with Gasteiger partial charge in [0, 0.05) is 25.4 Å². The van der Waals surface area contributed by atoms with Gasteiger partial charge in [-0.05, 0) is 62.1 Å². The average Bonchev–Trinajstić information content (AvgIpc) is 2.88. The second kappa shape index (κ2) is 11.8. The minimum absolute atomic E-state index is 0.0658. The Hall–Kier alpha value is -3.09. The number of fused-ring (bicyclic) bond motifs is 1. The van der Waals surface area contributed by atoms with Crippen LogP contribution in [0.2, 0.25) is 0 Å². The second-order valence-electron chi connectivity index (χ2n) is 10.8. The Kier molecular flexibility index (Phi) is 8.49. The van der Waals surface area contributed by atoms with E-state index in [4.69, 9.17) is 4.74 Å². The minimum Gasteiger partial charge on any atom is -0.491 e. The van der Waals surface area contributed by atoms with Crippen molar-refractivity contribution in [2.24, 2.45) is 11.3 Å². The van der Waals surface area contributed by atoms with Crippen molar-refractivity contribution in [3.63, 3.8) is 0 Å². The smallest absolute Gasteiger partial charge is 0.255 e. The number of likely N-dealkylation sites (tertiary alicyclic amines) is 1. The molecule has 0 aliphatic carbocycles. The molecule has 1 saturated heterocycles. The maximum atomic E-state index is 13.8. The van der Waals surface area contributed by atoms with Crippen LogP contribution in [0.4, 0.5) is 0 Å². The maximum absolute atomic E-state index is 13.8. The van der Waals surface area contributed by atoms with Crippen molar-refractivity contribution >= 4 is 11.8 Å². The Balaban J connectivity index is 1.49. The highest BCUT2D eigenvalue weighted by Gasteiger charge is 2.42. The molecule has 36 heavy (non-hydrogen) atoms.